The van der Waals surface area contributed by atoms with Crippen LogP contribution in [0.3, 0.4) is 0 Å². The number of hydrogen-bond donors (Lipinski definition) is 1. The molecule has 0 bridgehead atoms. The number of hydrogen-bond acceptors (Lipinski definition) is 4. The Bertz CT molecular complexity index is 228. The molecule has 25 heavy (non-hydrogen) atoms. The lowest BCUT2D eigenvalue weighted by Gasteiger charge is -2.32. The van der Waals surface area contributed by atoms with E-state index in [-0.39, 0.29) is 6.54 Å². The van der Waals surface area contributed by atoms with Crippen LogP contribution in [-0.2, 0) is 14.2 Å². The maximum Gasteiger partial charge on any atom is 0.335 e. The molecule has 0 aliphatic heterocycles. The summed E-state index contributed by atoms with van der Waals surface area (Å²) >= 11 is 0. The third-order valence-corrected chi connectivity index (χ3v) is 4.29. The van der Waals surface area contributed by atoms with Crippen LogP contribution in [0.5, 0.6) is 0 Å². The number of quaternary nitrogens is 1. The van der Waals surface area contributed by atoms with Crippen LogP contribution in [0.2, 0.25) is 0 Å². The number of unbranched alkanes of at least 4 members (excludes halogenated alkanes) is 9. The van der Waals surface area contributed by atoms with Gasteiger partial charge in [0, 0.05) is 0 Å². The summed E-state index contributed by atoms with van der Waals surface area (Å²) in [6.07, 6.45) is 13.6. The molecule has 0 aliphatic rings. The van der Waals surface area contributed by atoms with Gasteiger partial charge in [0.2, 0.25) is 0 Å². The fourth-order valence-electron chi connectivity index (χ4n) is 2.67. The maximum atomic E-state index is 11.2. The molecular weight excluding hydrogens is 318 g/mol. The summed E-state index contributed by atoms with van der Waals surface area (Å²) in [5, 5.41) is 11.2. The molecule has 0 atom stereocenters. The number of nitrogens with two attached hydrogens (primary N) is 1. The van der Waals surface area contributed by atoms with Gasteiger partial charge in [0.1, 0.15) is 0 Å². The lowest BCUT2D eigenvalue weighted by molar-refractivity contribution is -0.638. The lowest BCUT2D eigenvalue weighted by Crippen LogP contribution is -2.83. The van der Waals surface area contributed by atoms with Crippen LogP contribution >= 0.6 is 0 Å². The van der Waals surface area contributed by atoms with Gasteiger partial charge in [-0.15, -0.1) is 0 Å². The van der Waals surface area contributed by atoms with E-state index in [1.54, 1.807) is 0 Å². The predicted octanol–water partition coefficient (Wildman–Crippen LogP) is 4.49. The normalized spacial score (nSPS) is 12.0. The van der Waals surface area contributed by atoms with Gasteiger partial charge < -0.3 is 24.9 Å². The Balaban J connectivity index is 4.40. The first kappa shape index (κ1) is 24.8. The highest BCUT2D eigenvalue weighted by Gasteiger charge is 2.35. The van der Waals surface area contributed by atoms with E-state index >= 15 is 0 Å². The van der Waals surface area contributed by atoms with Crippen LogP contribution in [0.1, 0.15) is 97.8 Å². The Morgan fingerprint density at radius 3 is 1.24 bits per heavy atom. The van der Waals surface area contributed by atoms with Crippen molar-refractivity contribution >= 4 is 0 Å². The molecule has 0 spiro atoms. The summed E-state index contributed by atoms with van der Waals surface area (Å²) in [6, 6.07) is 0. The SMILES string of the molecule is CCCCCCOC(C[NH2+][O-])(OCCCCCC)OCCCCCC. The van der Waals surface area contributed by atoms with Crippen molar-refractivity contribution in [2.45, 2.75) is 104 Å². The van der Waals surface area contributed by atoms with Crippen LogP contribution in [0.25, 0.3) is 0 Å². The van der Waals surface area contributed by atoms with Crippen LogP contribution in [0.4, 0.5) is 0 Å². The summed E-state index contributed by atoms with van der Waals surface area (Å²) in [6.45, 7) is 8.46. The van der Waals surface area contributed by atoms with E-state index in [0.717, 1.165) is 44.0 Å². The van der Waals surface area contributed by atoms with Crippen molar-refractivity contribution in [3.63, 3.8) is 0 Å². The van der Waals surface area contributed by atoms with Crippen LogP contribution in [0, 0.1) is 5.21 Å². The van der Waals surface area contributed by atoms with E-state index in [0.29, 0.717) is 19.8 Å². The molecule has 5 nitrogen and oxygen atoms in total. The van der Waals surface area contributed by atoms with Crippen molar-refractivity contribution in [1.29, 1.82) is 0 Å². The van der Waals surface area contributed by atoms with Gasteiger partial charge in [-0.1, -0.05) is 78.6 Å². The molecule has 0 amide bonds. The maximum absolute atomic E-state index is 11.2. The third kappa shape index (κ3) is 14.6. The Kier molecular flexibility index (Phi) is 18.4. The van der Waals surface area contributed by atoms with Crippen molar-refractivity contribution in [1.82, 2.24) is 0 Å². The minimum atomic E-state index is -1.17. The molecule has 0 radical (unpaired) electrons. The number of hydroxylamine groups is 1. The van der Waals surface area contributed by atoms with Gasteiger partial charge in [0.15, 0.2) is 6.54 Å². The van der Waals surface area contributed by atoms with E-state index in [2.05, 4.69) is 20.8 Å². The lowest BCUT2D eigenvalue weighted by atomic mass is 10.2. The predicted molar refractivity (Wildman–Crippen MR) is 103 cm³/mol. The molecule has 152 valence electrons. The summed E-state index contributed by atoms with van der Waals surface area (Å²) in [4.78, 5) is 0. The second kappa shape index (κ2) is 18.6. The number of rotatable bonds is 20. The van der Waals surface area contributed by atoms with Gasteiger partial charge >= 0.3 is 5.97 Å². The molecule has 0 saturated heterocycles. The van der Waals surface area contributed by atoms with Crippen LogP contribution < -0.4 is 5.48 Å². The Morgan fingerprint density at radius 1 is 0.600 bits per heavy atom. The highest BCUT2D eigenvalue weighted by Crippen LogP contribution is 2.18. The molecule has 0 unspecified atom stereocenters. The molecule has 0 aromatic rings. The quantitative estimate of drug-likeness (QED) is 0.197. The molecule has 0 saturated carbocycles. The zero-order chi connectivity index (χ0) is 18.6. The average Bonchev–Trinajstić information content (AvgIpc) is 2.61. The first-order chi connectivity index (χ1) is 12.2. The summed E-state index contributed by atoms with van der Waals surface area (Å²) in [7, 11) is 0. The number of ether oxygens (including phenoxy) is 3. The van der Waals surface area contributed by atoms with Gasteiger partial charge in [-0.2, -0.15) is 0 Å². The fourth-order valence-corrected chi connectivity index (χ4v) is 2.67. The zero-order valence-corrected chi connectivity index (χ0v) is 17.0. The third-order valence-electron chi connectivity index (χ3n) is 4.29. The standard InChI is InChI=1S/C20H43NO4/c1-4-7-10-13-16-23-20(19-21-22,24-17-14-11-8-5-2)25-18-15-12-9-6-3/h4-19,21H2,1-3H3. The van der Waals surface area contributed by atoms with Crippen molar-refractivity contribution < 1.29 is 19.7 Å². The summed E-state index contributed by atoms with van der Waals surface area (Å²) in [5.41, 5.74) is 0.851. The van der Waals surface area contributed by atoms with Crippen LogP contribution in [0.15, 0.2) is 0 Å². The van der Waals surface area contributed by atoms with E-state index < -0.39 is 5.97 Å². The average molecular weight is 362 g/mol. The summed E-state index contributed by atoms with van der Waals surface area (Å²) < 4.78 is 17.9. The van der Waals surface area contributed by atoms with Crippen molar-refractivity contribution in [2.75, 3.05) is 26.4 Å². The van der Waals surface area contributed by atoms with Gasteiger partial charge in [-0.05, 0) is 19.3 Å². The minimum Gasteiger partial charge on any atom is -0.636 e. The highest BCUT2D eigenvalue weighted by molar-refractivity contribution is 4.58. The Hall–Kier alpha value is -0.200. The van der Waals surface area contributed by atoms with Gasteiger partial charge in [-0.3, -0.25) is 0 Å². The second-order valence-electron chi connectivity index (χ2n) is 6.78. The molecular formula is C20H43NO4. The van der Waals surface area contributed by atoms with Crippen molar-refractivity contribution in [3.8, 4) is 0 Å². The zero-order valence-electron chi connectivity index (χ0n) is 17.0. The van der Waals surface area contributed by atoms with E-state index in [4.69, 9.17) is 14.2 Å². The second-order valence-corrected chi connectivity index (χ2v) is 6.78. The van der Waals surface area contributed by atoms with Gasteiger partial charge in [0.25, 0.3) is 0 Å². The molecule has 0 heterocycles. The first-order valence-corrected chi connectivity index (χ1v) is 10.6. The smallest absolute Gasteiger partial charge is 0.335 e. The fraction of sp³-hybridized carbons (Fsp3) is 1.00. The Labute approximate surface area is 155 Å². The topological polar surface area (TPSA) is 67.4 Å². The molecule has 0 aliphatic carbocycles. The molecule has 2 N–H and O–H groups in total. The first-order valence-electron chi connectivity index (χ1n) is 10.6. The van der Waals surface area contributed by atoms with Gasteiger partial charge in [-0.25, -0.2) is 0 Å². The minimum absolute atomic E-state index is 0.141. The molecule has 0 rings (SSSR count). The van der Waals surface area contributed by atoms with Crippen molar-refractivity contribution in [3.05, 3.63) is 5.21 Å². The highest BCUT2D eigenvalue weighted by atomic mass is 16.9. The summed E-state index contributed by atoms with van der Waals surface area (Å²) in [5.74, 6) is -1.17. The monoisotopic (exact) mass is 361 g/mol. The van der Waals surface area contributed by atoms with Crippen molar-refractivity contribution in [2.24, 2.45) is 0 Å². The Morgan fingerprint density at radius 2 is 0.960 bits per heavy atom. The van der Waals surface area contributed by atoms with Crippen LogP contribution in [-0.4, -0.2) is 32.3 Å². The molecule has 5 heteroatoms. The van der Waals surface area contributed by atoms with E-state index in [1.807, 2.05) is 0 Å². The van der Waals surface area contributed by atoms with Gasteiger partial charge in [0.05, 0.1) is 19.8 Å². The molecule has 0 aromatic carbocycles. The van der Waals surface area contributed by atoms with E-state index in [9.17, 15) is 5.21 Å². The molecule has 0 aromatic heterocycles. The van der Waals surface area contributed by atoms with E-state index in [1.165, 1.54) is 38.5 Å². The molecule has 0 fully saturated rings. The largest absolute Gasteiger partial charge is 0.636 e.